The van der Waals surface area contributed by atoms with Gasteiger partial charge < -0.3 is 10.1 Å². The Morgan fingerprint density at radius 2 is 2.19 bits per heavy atom. The maximum Gasteiger partial charge on any atom is 0.265 e. The molecule has 3 heterocycles. The van der Waals surface area contributed by atoms with Crippen molar-refractivity contribution in [2.24, 2.45) is 0 Å². The van der Waals surface area contributed by atoms with Crippen LogP contribution in [-0.2, 0) is 9.53 Å². The van der Waals surface area contributed by atoms with E-state index in [1.54, 1.807) is 22.6 Å². The Morgan fingerprint density at radius 3 is 2.96 bits per heavy atom. The number of amides is 1. The summed E-state index contributed by atoms with van der Waals surface area (Å²) in [4.78, 5) is 29.8. The van der Waals surface area contributed by atoms with Gasteiger partial charge in [0.05, 0.1) is 24.5 Å². The smallest absolute Gasteiger partial charge is 0.265 e. The highest BCUT2D eigenvalue weighted by Gasteiger charge is 2.29. The molecule has 0 bridgehead atoms. The number of hydrogen-bond donors (Lipinski definition) is 1. The van der Waals surface area contributed by atoms with Crippen LogP contribution < -0.4 is 10.9 Å². The topological polar surface area (TPSA) is 91.0 Å². The number of methoxy groups -OCH3 is 1. The number of nitrogens with one attached hydrogen (secondary N) is 1. The average Bonchev–Trinajstić information content (AvgIpc) is 3.28. The fourth-order valence-electron chi connectivity index (χ4n) is 3.12. The van der Waals surface area contributed by atoms with Crippen LogP contribution in [0.2, 0.25) is 0 Å². The van der Waals surface area contributed by atoms with Crippen molar-refractivity contribution in [1.82, 2.24) is 24.6 Å². The zero-order chi connectivity index (χ0) is 18.8. The summed E-state index contributed by atoms with van der Waals surface area (Å²) in [5.74, 6) is 0.545. The van der Waals surface area contributed by atoms with Crippen molar-refractivity contribution < 1.29 is 9.53 Å². The summed E-state index contributed by atoms with van der Waals surface area (Å²) in [6.07, 6.45) is 1.79. The number of nitrogens with zero attached hydrogens (tertiary/aromatic N) is 4. The Kier molecular flexibility index (Phi) is 4.95. The summed E-state index contributed by atoms with van der Waals surface area (Å²) < 4.78 is 8.23. The highest BCUT2D eigenvalue weighted by atomic mass is 32.2. The average molecular weight is 385 g/mol. The molecule has 1 aliphatic heterocycles. The number of aromatic nitrogens is 4. The summed E-state index contributed by atoms with van der Waals surface area (Å²) in [5.41, 5.74) is 1.23. The lowest BCUT2D eigenvalue weighted by Gasteiger charge is -2.13. The summed E-state index contributed by atoms with van der Waals surface area (Å²) in [6.45, 7) is 0.917. The van der Waals surface area contributed by atoms with Crippen molar-refractivity contribution in [2.75, 3.05) is 26.0 Å². The molecule has 1 aliphatic rings. The van der Waals surface area contributed by atoms with E-state index in [0.717, 1.165) is 5.69 Å². The molecule has 4 rings (SSSR count). The van der Waals surface area contributed by atoms with E-state index in [-0.39, 0.29) is 23.9 Å². The molecular formula is C18H19N5O3S. The third-order valence-corrected chi connectivity index (χ3v) is 5.52. The van der Waals surface area contributed by atoms with Crippen LogP contribution in [0, 0.1) is 0 Å². The quantitative estimate of drug-likeness (QED) is 0.509. The van der Waals surface area contributed by atoms with E-state index in [1.165, 1.54) is 11.8 Å². The monoisotopic (exact) mass is 385 g/mol. The van der Waals surface area contributed by atoms with Crippen LogP contribution in [0.15, 0.2) is 46.5 Å². The molecule has 27 heavy (non-hydrogen) atoms. The first-order valence-corrected chi connectivity index (χ1v) is 9.61. The van der Waals surface area contributed by atoms with Gasteiger partial charge in [0.15, 0.2) is 10.8 Å². The van der Waals surface area contributed by atoms with Gasteiger partial charge in [-0.25, -0.2) is 9.67 Å². The van der Waals surface area contributed by atoms with E-state index < -0.39 is 0 Å². The van der Waals surface area contributed by atoms with Crippen molar-refractivity contribution in [3.63, 3.8) is 0 Å². The molecule has 9 heteroatoms. The van der Waals surface area contributed by atoms with Crippen molar-refractivity contribution >= 4 is 28.7 Å². The van der Waals surface area contributed by atoms with E-state index in [0.29, 0.717) is 35.1 Å². The second kappa shape index (κ2) is 7.53. The third-order valence-electron chi connectivity index (χ3n) is 4.42. The fourth-order valence-corrected chi connectivity index (χ4v) is 4.25. The first kappa shape index (κ1) is 17.7. The standard InChI is InChI=1S/C18H19N5O3S/c1-26-8-7-19-15(24)9-13-11-27-18-21-16-14(17(25)22(13)18)10-20-23(16)12-5-3-2-4-6-12/h2-6,10,13H,7-9,11H2,1H3,(H,19,24)/t13-/m1/s1. The lowest BCUT2D eigenvalue weighted by atomic mass is 10.2. The second-order valence-electron chi connectivity index (χ2n) is 6.21. The molecule has 1 amide bonds. The number of ether oxygens (including phenoxy) is 1. The van der Waals surface area contributed by atoms with Gasteiger partial charge >= 0.3 is 0 Å². The van der Waals surface area contributed by atoms with Gasteiger partial charge in [-0.05, 0) is 12.1 Å². The largest absolute Gasteiger partial charge is 0.383 e. The van der Waals surface area contributed by atoms with E-state index in [9.17, 15) is 9.59 Å². The number of hydrogen-bond acceptors (Lipinski definition) is 6. The predicted octanol–water partition coefficient (Wildman–Crippen LogP) is 1.38. The zero-order valence-electron chi connectivity index (χ0n) is 14.8. The summed E-state index contributed by atoms with van der Waals surface area (Å²) >= 11 is 1.49. The van der Waals surface area contributed by atoms with Crippen LogP contribution in [0.1, 0.15) is 12.5 Å². The van der Waals surface area contributed by atoms with E-state index in [1.807, 2.05) is 30.3 Å². The van der Waals surface area contributed by atoms with Gasteiger partial charge in [0, 0.05) is 25.8 Å². The van der Waals surface area contributed by atoms with Crippen LogP contribution in [0.4, 0.5) is 0 Å². The van der Waals surface area contributed by atoms with Gasteiger partial charge in [-0.3, -0.25) is 14.2 Å². The lowest BCUT2D eigenvalue weighted by Crippen LogP contribution is -2.32. The van der Waals surface area contributed by atoms with Crippen LogP contribution in [-0.4, -0.2) is 51.3 Å². The molecule has 0 unspecified atom stereocenters. The summed E-state index contributed by atoms with van der Waals surface area (Å²) in [7, 11) is 1.59. The molecule has 0 aliphatic carbocycles. The SMILES string of the molecule is COCCNC(=O)C[C@@H]1CSc2nc3c(cnn3-c3ccccc3)c(=O)n21. The Labute approximate surface area is 159 Å². The molecule has 0 saturated heterocycles. The van der Waals surface area contributed by atoms with Gasteiger partial charge in [-0.2, -0.15) is 5.10 Å². The number of fused-ring (bicyclic) bond motifs is 2. The van der Waals surface area contributed by atoms with Crippen molar-refractivity contribution in [3.05, 3.63) is 46.9 Å². The molecule has 0 spiro atoms. The second-order valence-corrected chi connectivity index (χ2v) is 7.20. The van der Waals surface area contributed by atoms with Crippen molar-refractivity contribution in [2.45, 2.75) is 17.6 Å². The maximum absolute atomic E-state index is 13.0. The normalized spacial score (nSPS) is 15.8. The first-order valence-electron chi connectivity index (χ1n) is 8.63. The van der Waals surface area contributed by atoms with Crippen molar-refractivity contribution in [1.29, 1.82) is 0 Å². The molecule has 140 valence electrons. The Balaban J connectivity index is 1.65. The molecule has 0 fully saturated rings. The molecule has 1 aromatic carbocycles. The number of thioether (sulfide) groups is 1. The van der Waals surface area contributed by atoms with Crippen molar-refractivity contribution in [3.8, 4) is 5.69 Å². The summed E-state index contributed by atoms with van der Waals surface area (Å²) in [5, 5.41) is 8.22. The minimum Gasteiger partial charge on any atom is -0.383 e. The molecule has 8 nitrogen and oxygen atoms in total. The number of rotatable bonds is 6. The first-order chi connectivity index (χ1) is 13.2. The van der Waals surface area contributed by atoms with E-state index in [2.05, 4.69) is 15.4 Å². The third kappa shape index (κ3) is 3.35. The van der Waals surface area contributed by atoms with Gasteiger partial charge in [-0.1, -0.05) is 30.0 Å². The molecular weight excluding hydrogens is 366 g/mol. The Hall–Kier alpha value is -2.65. The molecule has 0 saturated carbocycles. The molecule has 1 atom stereocenters. The molecule has 1 N–H and O–H groups in total. The van der Waals surface area contributed by atoms with Gasteiger partial charge in [-0.15, -0.1) is 0 Å². The highest BCUT2D eigenvalue weighted by Crippen LogP contribution is 2.33. The number of carbonyl (C=O) groups is 1. The van der Waals surface area contributed by atoms with Gasteiger partial charge in [0.25, 0.3) is 5.56 Å². The molecule has 2 aromatic heterocycles. The predicted molar refractivity (Wildman–Crippen MR) is 102 cm³/mol. The van der Waals surface area contributed by atoms with E-state index in [4.69, 9.17) is 4.74 Å². The lowest BCUT2D eigenvalue weighted by molar-refractivity contribution is -0.121. The zero-order valence-corrected chi connectivity index (χ0v) is 15.6. The summed E-state index contributed by atoms with van der Waals surface area (Å²) in [6, 6.07) is 9.37. The van der Waals surface area contributed by atoms with Crippen LogP contribution in [0.3, 0.4) is 0 Å². The van der Waals surface area contributed by atoms with Crippen LogP contribution in [0.25, 0.3) is 16.7 Å². The van der Waals surface area contributed by atoms with E-state index >= 15 is 0 Å². The highest BCUT2D eigenvalue weighted by molar-refractivity contribution is 7.99. The minimum atomic E-state index is -0.211. The number of benzene rings is 1. The van der Waals surface area contributed by atoms with Gasteiger partial charge in [0.1, 0.15) is 5.39 Å². The van der Waals surface area contributed by atoms with Gasteiger partial charge in [0.2, 0.25) is 5.91 Å². The van der Waals surface area contributed by atoms with Crippen LogP contribution in [0.5, 0.6) is 0 Å². The van der Waals surface area contributed by atoms with Crippen LogP contribution >= 0.6 is 11.8 Å². The molecule has 3 aromatic rings. The number of carbonyl (C=O) groups excluding carboxylic acids is 1. The number of para-hydroxylation sites is 1. The Morgan fingerprint density at radius 1 is 1.37 bits per heavy atom. The Bertz CT molecular complexity index is 1030. The molecule has 0 radical (unpaired) electrons. The maximum atomic E-state index is 13.0. The fraction of sp³-hybridized carbons (Fsp3) is 0.333. The minimum absolute atomic E-state index is 0.0996.